The van der Waals surface area contributed by atoms with Crippen LogP contribution in [0, 0.1) is 5.92 Å². The highest BCUT2D eigenvalue weighted by Crippen LogP contribution is 2.14. The van der Waals surface area contributed by atoms with E-state index < -0.39 is 0 Å². The molecule has 0 spiro atoms. The summed E-state index contributed by atoms with van der Waals surface area (Å²) in [4.78, 5) is 14.1. The Kier molecular flexibility index (Phi) is 5.48. The summed E-state index contributed by atoms with van der Waals surface area (Å²) >= 11 is 5.85. The average Bonchev–Trinajstić information content (AvgIpc) is 2.35. The predicted molar refractivity (Wildman–Crippen MR) is 77.6 cm³/mol. The first kappa shape index (κ1) is 14.8. The van der Waals surface area contributed by atoms with Crippen molar-refractivity contribution < 1.29 is 4.79 Å². The van der Waals surface area contributed by atoms with E-state index in [1.54, 1.807) is 0 Å². The first-order valence-electron chi connectivity index (χ1n) is 6.10. The molecule has 100 valence electrons. The molecule has 0 saturated heterocycles. The molecule has 18 heavy (non-hydrogen) atoms. The molecule has 0 fully saturated rings. The Balaban J connectivity index is 2.81. The number of hydrogen-bond donors (Lipinski definition) is 1. The number of hydrogen-bond acceptors (Lipinski definition) is 2. The molecule has 0 aromatic heterocycles. The smallest absolute Gasteiger partial charge is 0.251 e. The fourth-order valence-corrected chi connectivity index (χ4v) is 1.99. The van der Waals surface area contributed by atoms with Crippen LogP contribution in [0.15, 0.2) is 24.3 Å². The highest BCUT2D eigenvalue weighted by Gasteiger charge is 2.16. The lowest BCUT2D eigenvalue weighted by Gasteiger charge is -2.20. The lowest BCUT2D eigenvalue weighted by Crippen LogP contribution is -2.39. The summed E-state index contributed by atoms with van der Waals surface area (Å²) in [5.74, 6) is 0.679. The summed E-state index contributed by atoms with van der Waals surface area (Å²) < 4.78 is 0. The van der Waals surface area contributed by atoms with E-state index in [9.17, 15) is 4.79 Å². The molecule has 0 radical (unpaired) electrons. The summed E-state index contributed by atoms with van der Waals surface area (Å²) in [5, 5.41) is 2.96. The molecule has 1 aromatic rings. The maximum absolute atomic E-state index is 12.1. The fraction of sp³-hybridized carbons (Fsp3) is 0.500. The molecule has 1 aromatic carbocycles. The summed E-state index contributed by atoms with van der Waals surface area (Å²) in [6, 6.07) is 7.55. The summed E-state index contributed by atoms with van der Waals surface area (Å²) in [5.41, 5.74) is 1.67. The molecule has 0 saturated carbocycles. The molecule has 0 bridgehead atoms. The van der Waals surface area contributed by atoms with Crippen LogP contribution in [0.25, 0.3) is 0 Å². The molecule has 0 aliphatic rings. The van der Waals surface area contributed by atoms with Gasteiger partial charge in [-0.2, -0.15) is 0 Å². The minimum absolute atomic E-state index is 0.00202. The van der Waals surface area contributed by atoms with Crippen LogP contribution in [0.1, 0.15) is 24.2 Å². The number of nitrogens with one attached hydrogen (secondary N) is 1. The van der Waals surface area contributed by atoms with Crippen molar-refractivity contribution in [3.63, 3.8) is 0 Å². The fourth-order valence-electron chi connectivity index (χ4n) is 1.56. The summed E-state index contributed by atoms with van der Waals surface area (Å²) in [6.45, 7) is 4.09. The van der Waals surface area contributed by atoms with Gasteiger partial charge in [0.05, 0.1) is 0 Å². The second-order valence-corrected chi connectivity index (χ2v) is 5.23. The molecule has 1 rings (SSSR count). The molecule has 0 aliphatic carbocycles. The summed E-state index contributed by atoms with van der Waals surface area (Å²) in [6.07, 6.45) is 0. The zero-order valence-electron chi connectivity index (χ0n) is 11.4. The zero-order valence-corrected chi connectivity index (χ0v) is 12.2. The highest BCUT2D eigenvalue weighted by atomic mass is 35.5. The predicted octanol–water partition coefficient (Wildman–Crippen LogP) is 2.75. The van der Waals surface area contributed by atoms with E-state index in [4.69, 9.17) is 11.6 Å². The van der Waals surface area contributed by atoms with Gasteiger partial charge in [-0.3, -0.25) is 4.79 Å². The van der Waals surface area contributed by atoms with Gasteiger partial charge in [0.1, 0.15) is 0 Å². The van der Waals surface area contributed by atoms with Crippen molar-refractivity contribution in [3.05, 3.63) is 29.8 Å². The van der Waals surface area contributed by atoms with Gasteiger partial charge in [-0.1, -0.05) is 19.9 Å². The van der Waals surface area contributed by atoms with Crippen LogP contribution in [0.3, 0.4) is 0 Å². The Morgan fingerprint density at radius 3 is 2.56 bits per heavy atom. The SMILES string of the molecule is CC(C)C(CCl)NC(=O)c1cccc(N(C)C)c1. The molecular formula is C14H21ClN2O. The Bertz CT molecular complexity index is 405. The van der Waals surface area contributed by atoms with Crippen LogP contribution in [0.4, 0.5) is 5.69 Å². The van der Waals surface area contributed by atoms with E-state index in [1.807, 2.05) is 57.1 Å². The van der Waals surface area contributed by atoms with Crippen LogP contribution in [0.2, 0.25) is 0 Å². The van der Waals surface area contributed by atoms with Gasteiger partial charge in [0.25, 0.3) is 5.91 Å². The normalized spacial score (nSPS) is 12.3. The Morgan fingerprint density at radius 1 is 1.39 bits per heavy atom. The van der Waals surface area contributed by atoms with Crippen molar-refractivity contribution in [3.8, 4) is 0 Å². The molecule has 1 amide bonds. The van der Waals surface area contributed by atoms with Gasteiger partial charge in [0.2, 0.25) is 0 Å². The van der Waals surface area contributed by atoms with Gasteiger partial charge in [-0.05, 0) is 24.1 Å². The quantitative estimate of drug-likeness (QED) is 0.833. The molecule has 0 heterocycles. The third-order valence-electron chi connectivity index (χ3n) is 2.91. The number of rotatable bonds is 5. The van der Waals surface area contributed by atoms with Gasteiger partial charge in [-0.25, -0.2) is 0 Å². The van der Waals surface area contributed by atoms with Crippen LogP contribution in [-0.2, 0) is 0 Å². The van der Waals surface area contributed by atoms with Crippen molar-refractivity contribution in [2.75, 3.05) is 24.9 Å². The van der Waals surface area contributed by atoms with Crippen LogP contribution in [-0.4, -0.2) is 31.9 Å². The lowest BCUT2D eigenvalue weighted by atomic mass is 10.1. The topological polar surface area (TPSA) is 32.3 Å². The third-order valence-corrected chi connectivity index (χ3v) is 3.24. The number of amides is 1. The molecule has 1 N–H and O–H groups in total. The van der Waals surface area contributed by atoms with Crippen LogP contribution < -0.4 is 10.2 Å². The van der Waals surface area contributed by atoms with E-state index in [1.165, 1.54) is 0 Å². The van der Waals surface area contributed by atoms with Crippen molar-refractivity contribution in [2.45, 2.75) is 19.9 Å². The lowest BCUT2D eigenvalue weighted by molar-refractivity contribution is 0.0931. The third kappa shape index (κ3) is 3.91. The largest absolute Gasteiger partial charge is 0.378 e. The number of benzene rings is 1. The zero-order chi connectivity index (χ0) is 13.7. The Hall–Kier alpha value is -1.22. The molecule has 4 heteroatoms. The number of alkyl halides is 1. The number of nitrogens with zero attached hydrogens (tertiary/aromatic N) is 1. The Morgan fingerprint density at radius 2 is 2.06 bits per heavy atom. The Labute approximate surface area is 114 Å². The van der Waals surface area contributed by atoms with Crippen molar-refractivity contribution in [1.29, 1.82) is 0 Å². The van der Waals surface area contributed by atoms with Crippen molar-refractivity contribution in [2.24, 2.45) is 5.92 Å². The minimum atomic E-state index is -0.0712. The van der Waals surface area contributed by atoms with E-state index in [0.29, 0.717) is 17.4 Å². The molecule has 1 unspecified atom stereocenters. The van der Waals surface area contributed by atoms with Gasteiger partial charge >= 0.3 is 0 Å². The van der Waals surface area contributed by atoms with Gasteiger partial charge in [0, 0.05) is 37.3 Å². The number of carbonyl (C=O) groups excluding carboxylic acids is 1. The second kappa shape index (κ2) is 6.64. The minimum Gasteiger partial charge on any atom is -0.378 e. The maximum Gasteiger partial charge on any atom is 0.251 e. The molecule has 1 atom stereocenters. The monoisotopic (exact) mass is 268 g/mol. The van der Waals surface area contributed by atoms with Gasteiger partial charge < -0.3 is 10.2 Å². The standard InChI is InChI=1S/C14H21ClN2O/c1-10(2)13(9-15)16-14(18)11-6-5-7-12(8-11)17(3)4/h5-8,10,13H,9H2,1-4H3,(H,16,18). The second-order valence-electron chi connectivity index (χ2n) is 4.92. The molecule has 0 aliphatic heterocycles. The van der Waals surface area contributed by atoms with Crippen LogP contribution in [0.5, 0.6) is 0 Å². The summed E-state index contributed by atoms with van der Waals surface area (Å²) in [7, 11) is 3.90. The van der Waals surface area contributed by atoms with E-state index in [-0.39, 0.29) is 11.9 Å². The van der Waals surface area contributed by atoms with Crippen molar-refractivity contribution >= 4 is 23.2 Å². The van der Waals surface area contributed by atoms with E-state index in [0.717, 1.165) is 5.69 Å². The number of halogens is 1. The van der Waals surface area contributed by atoms with Gasteiger partial charge in [0.15, 0.2) is 0 Å². The van der Waals surface area contributed by atoms with E-state index in [2.05, 4.69) is 5.32 Å². The highest BCUT2D eigenvalue weighted by molar-refractivity contribution is 6.18. The molecular weight excluding hydrogens is 248 g/mol. The van der Waals surface area contributed by atoms with Gasteiger partial charge in [-0.15, -0.1) is 11.6 Å². The maximum atomic E-state index is 12.1. The van der Waals surface area contributed by atoms with Crippen molar-refractivity contribution in [1.82, 2.24) is 5.32 Å². The number of anilines is 1. The van der Waals surface area contributed by atoms with E-state index >= 15 is 0 Å². The first-order valence-corrected chi connectivity index (χ1v) is 6.63. The average molecular weight is 269 g/mol. The molecule has 3 nitrogen and oxygen atoms in total. The first-order chi connectivity index (χ1) is 8.45. The number of carbonyl (C=O) groups is 1. The van der Waals surface area contributed by atoms with Crippen LogP contribution >= 0.6 is 11.6 Å².